The highest BCUT2D eigenvalue weighted by Crippen LogP contribution is 2.32. The van der Waals surface area contributed by atoms with Gasteiger partial charge in [-0.15, -0.1) is 0 Å². The molecule has 0 N–H and O–H groups in total. The van der Waals surface area contributed by atoms with Crippen molar-refractivity contribution in [1.82, 2.24) is 9.97 Å². The standard InChI is InChI=1S/C12H6F3N3O/c13-12(14,15)8-2-1-3-10(6-8)19-11-17-5-4-9(7-16)18-11/h1-6H. The lowest BCUT2D eigenvalue weighted by molar-refractivity contribution is -0.137. The first-order valence-corrected chi connectivity index (χ1v) is 5.07. The Kier molecular flexibility index (Phi) is 3.33. The van der Waals surface area contributed by atoms with E-state index in [-0.39, 0.29) is 17.5 Å². The Bertz CT molecular complexity index is 635. The van der Waals surface area contributed by atoms with Crippen LogP contribution in [0.3, 0.4) is 0 Å². The number of hydrogen-bond donors (Lipinski definition) is 0. The van der Waals surface area contributed by atoms with Crippen molar-refractivity contribution in [2.45, 2.75) is 6.18 Å². The van der Waals surface area contributed by atoms with E-state index >= 15 is 0 Å². The van der Waals surface area contributed by atoms with Crippen molar-refractivity contribution in [3.8, 4) is 17.8 Å². The van der Waals surface area contributed by atoms with Crippen LogP contribution in [0.25, 0.3) is 0 Å². The first kappa shape index (κ1) is 12.8. The number of aromatic nitrogens is 2. The van der Waals surface area contributed by atoms with Crippen molar-refractivity contribution in [3.63, 3.8) is 0 Å². The Morgan fingerprint density at radius 3 is 2.68 bits per heavy atom. The van der Waals surface area contributed by atoms with Gasteiger partial charge in [0.05, 0.1) is 5.56 Å². The van der Waals surface area contributed by atoms with Gasteiger partial charge in [0.25, 0.3) is 0 Å². The first-order chi connectivity index (χ1) is 8.99. The predicted octanol–water partition coefficient (Wildman–Crippen LogP) is 3.16. The van der Waals surface area contributed by atoms with E-state index in [0.717, 1.165) is 12.1 Å². The Morgan fingerprint density at radius 2 is 2.00 bits per heavy atom. The molecule has 0 atom stereocenters. The molecule has 0 bridgehead atoms. The Hall–Kier alpha value is -2.62. The second-order valence-corrected chi connectivity index (χ2v) is 3.46. The molecule has 1 aromatic heterocycles. The topological polar surface area (TPSA) is 58.8 Å². The zero-order chi connectivity index (χ0) is 13.9. The van der Waals surface area contributed by atoms with Gasteiger partial charge < -0.3 is 4.74 Å². The summed E-state index contributed by atoms with van der Waals surface area (Å²) in [4.78, 5) is 7.41. The summed E-state index contributed by atoms with van der Waals surface area (Å²) in [6, 6.07) is 7.28. The smallest absolute Gasteiger partial charge is 0.416 e. The summed E-state index contributed by atoms with van der Waals surface area (Å²) < 4.78 is 42.6. The molecule has 0 saturated heterocycles. The summed E-state index contributed by atoms with van der Waals surface area (Å²) in [6.45, 7) is 0. The van der Waals surface area contributed by atoms with Crippen molar-refractivity contribution >= 4 is 0 Å². The number of halogens is 3. The molecule has 0 amide bonds. The van der Waals surface area contributed by atoms with Crippen molar-refractivity contribution < 1.29 is 17.9 Å². The van der Waals surface area contributed by atoms with Gasteiger partial charge in [-0.3, -0.25) is 0 Å². The summed E-state index contributed by atoms with van der Waals surface area (Å²) in [5.41, 5.74) is -0.765. The van der Waals surface area contributed by atoms with Gasteiger partial charge in [-0.25, -0.2) is 4.98 Å². The Morgan fingerprint density at radius 1 is 1.21 bits per heavy atom. The lowest BCUT2D eigenvalue weighted by atomic mass is 10.2. The lowest BCUT2D eigenvalue weighted by Crippen LogP contribution is -2.04. The fourth-order valence-corrected chi connectivity index (χ4v) is 1.29. The SMILES string of the molecule is N#Cc1ccnc(Oc2cccc(C(F)(F)F)c2)n1. The summed E-state index contributed by atoms with van der Waals surface area (Å²) in [5, 5.41) is 8.63. The third-order valence-corrected chi connectivity index (χ3v) is 2.12. The molecular formula is C12H6F3N3O. The minimum atomic E-state index is -4.45. The highest BCUT2D eigenvalue weighted by Gasteiger charge is 2.30. The lowest BCUT2D eigenvalue weighted by Gasteiger charge is -2.08. The average Bonchev–Trinajstić information content (AvgIpc) is 2.38. The van der Waals surface area contributed by atoms with Gasteiger partial charge in [-0.2, -0.15) is 23.4 Å². The van der Waals surface area contributed by atoms with E-state index in [4.69, 9.17) is 10.00 Å². The van der Waals surface area contributed by atoms with Crippen LogP contribution in [0, 0.1) is 11.3 Å². The molecule has 1 heterocycles. The maximum atomic E-state index is 12.5. The largest absolute Gasteiger partial charge is 0.424 e. The fraction of sp³-hybridized carbons (Fsp3) is 0.0833. The normalized spacial score (nSPS) is 10.8. The zero-order valence-electron chi connectivity index (χ0n) is 9.35. The monoisotopic (exact) mass is 265 g/mol. The van der Waals surface area contributed by atoms with Gasteiger partial charge in [0.1, 0.15) is 17.5 Å². The van der Waals surface area contributed by atoms with Crippen LogP contribution >= 0.6 is 0 Å². The van der Waals surface area contributed by atoms with E-state index in [9.17, 15) is 13.2 Å². The molecule has 0 unspecified atom stereocenters. The number of nitriles is 1. The zero-order valence-corrected chi connectivity index (χ0v) is 9.35. The predicted molar refractivity (Wildman–Crippen MR) is 58.3 cm³/mol. The van der Waals surface area contributed by atoms with Crippen molar-refractivity contribution in [2.24, 2.45) is 0 Å². The summed E-state index contributed by atoms with van der Waals surface area (Å²) in [7, 11) is 0. The van der Waals surface area contributed by atoms with E-state index < -0.39 is 11.7 Å². The second-order valence-electron chi connectivity index (χ2n) is 3.46. The highest BCUT2D eigenvalue weighted by molar-refractivity contribution is 5.32. The molecule has 0 spiro atoms. The third kappa shape index (κ3) is 3.19. The number of alkyl halides is 3. The molecule has 1 aromatic carbocycles. The summed E-state index contributed by atoms with van der Waals surface area (Å²) in [5.74, 6) is -0.0510. The van der Waals surface area contributed by atoms with Crippen molar-refractivity contribution in [1.29, 1.82) is 5.26 Å². The van der Waals surface area contributed by atoms with Gasteiger partial charge in [0.15, 0.2) is 0 Å². The van der Waals surface area contributed by atoms with E-state index in [1.807, 2.05) is 0 Å². The third-order valence-electron chi connectivity index (χ3n) is 2.12. The molecule has 0 aliphatic carbocycles. The molecule has 4 nitrogen and oxygen atoms in total. The molecule has 7 heteroatoms. The van der Waals surface area contributed by atoms with Crippen molar-refractivity contribution in [3.05, 3.63) is 47.8 Å². The van der Waals surface area contributed by atoms with Crippen LogP contribution in [-0.2, 0) is 6.18 Å². The van der Waals surface area contributed by atoms with Crippen molar-refractivity contribution in [2.75, 3.05) is 0 Å². The van der Waals surface area contributed by atoms with E-state index in [2.05, 4.69) is 9.97 Å². The molecule has 2 rings (SSSR count). The summed E-state index contributed by atoms with van der Waals surface area (Å²) in [6.07, 6.45) is -3.16. The molecule has 2 aromatic rings. The van der Waals surface area contributed by atoms with Gasteiger partial charge in [0, 0.05) is 6.20 Å². The van der Waals surface area contributed by atoms with Crippen LogP contribution in [0.1, 0.15) is 11.3 Å². The van der Waals surface area contributed by atoms with Crippen LogP contribution in [0.4, 0.5) is 13.2 Å². The van der Waals surface area contributed by atoms with Gasteiger partial charge >= 0.3 is 12.2 Å². The van der Waals surface area contributed by atoms with Gasteiger partial charge in [-0.1, -0.05) is 6.07 Å². The van der Waals surface area contributed by atoms with E-state index in [0.29, 0.717) is 0 Å². The molecule has 0 aliphatic rings. The molecule has 0 saturated carbocycles. The summed E-state index contributed by atoms with van der Waals surface area (Å²) >= 11 is 0. The molecule has 0 radical (unpaired) electrons. The number of ether oxygens (including phenoxy) is 1. The number of nitrogens with zero attached hydrogens (tertiary/aromatic N) is 3. The van der Waals surface area contributed by atoms with Crippen LogP contribution in [0.2, 0.25) is 0 Å². The Balaban J connectivity index is 2.26. The van der Waals surface area contributed by atoms with E-state index in [1.54, 1.807) is 6.07 Å². The first-order valence-electron chi connectivity index (χ1n) is 5.07. The number of hydrogen-bond acceptors (Lipinski definition) is 4. The maximum absolute atomic E-state index is 12.5. The molecule has 19 heavy (non-hydrogen) atoms. The quantitative estimate of drug-likeness (QED) is 0.836. The van der Waals surface area contributed by atoms with Crippen LogP contribution < -0.4 is 4.74 Å². The van der Waals surface area contributed by atoms with Gasteiger partial charge in [0.2, 0.25) is 0 Å². The highest BCUT2D eigenvalue weighted by atomic mass is 19.4. The minimum absolute atomic E-state index is 0.0510. The van der Waals surface area contributed by atoms with Gasteiger partial charge in [-0.05, 0) is 24.3 Å². The van der Waals surface area contributed by atoms with Crippen LogP contribution in [-0.4, -0.2) is 9.97 Å². The van der Waals surface area contributed by atoms with E-state index in [1.165, 1.54) is 24.4 Å². The number of benzene rings is 1. The van der Waals surface area contributed by atoms with Crippen LogP contribution in [0.5, 0.6) is 11.8 Å². The fourth-order valence-electron chi connectivity index (χ4n) is 1.29. The molecular weight excluding hydrogens is 259 g/mol. The minimum Gasteiger partial charge on any atom is -0.424 e. The number of rotatable bonds is 2. The molecule has 0 fully saturated rings. The maximum Gasteiger partial charge on any atom is 0.416 e. The van der Waals surface area contributed by atoms with Crippen LogP contribution in [0.15, 0.2) is 36.5 Å². The Labute approximate surface area is 106 Å². The second kappa shape index (κ2) is 4.94. The molecule has 96 valence electrons. The average molecular weight is 265 g/mol. The molecule has 0 aliphatic heterocycles.